The van der Waals surface area contributed by atoms with E-state index in [0.29, 0.717) is 18.6 Å². The van der Waals surface area contributed by atoms with Gasteiger partial charge in [-0.15, -0.1) is 0 Å². The number of likely N-dealkylation sites (tertiary alicyclic amines) is 1. The van der Waals surface area contributed by atoms with Crippen LogP contribution in [0.25, 0.3) is 0 Å². The van der Waals surface area contributed by atoms with Gasteiger partial charge in [0.05, 0.1) is 5.69 Å². The molecule has 108 valence electrons. The summed E-state index contributed by atoms with van der Waals surface area (Å²) in [7, 11) is 0. The monoisotopic (exact) mass is 267 g/mol. The lowest BCUT2D eigenvalue weighted by Crippen LogP contribution is -2.25. The Morgan fingerprint density at radius 2 is 2.21 bits per heavy atom. The summed E-state index contributed by atoms with van der Waals surface area (Å²) in [4.78, 5) is 6.71. The minimum absolute atomic E-state index is 0.389. The van der Waals surface area contributed by atoms with Crippen molar-refractivity contribution in [3.05, 3.63) is 12.0 Å². The molecule has 0 aliphatic carbocycles. The van der Waals surface area contributed by atoms with Gasteiger partial charge in [-0.05, 0) is 38.4 Å². The molecule has 1 N–H and O–H groups in total. The van der Waals surface area contributed by atoms with E-state index in [9.17, 15) is 0 Å². The zero-order chi connectivity index (χ0) is 13.5. The van der Waals surface area contributed by atoms with E-state index < -0.39 is 0 Å². The Hall–Kier alpha value is -1.07. The smallest absolute Gasteiger partial charge is 0.393 e. The quantitative estimate of drug-likeness (QED) is 0.779. The van der Waals surface area contributed by atoms with E-state index in [1.54, 1.807) is 6.26 Å². The van der Waals surface area contributed by atoms with E-state index in [1.165, 1.54) is 25.9 Å². The molecule has 1 aromatic heterocycles. The molecular formula is C14H25N3O2. The molecule has 1 fully saturated rings. The Morgan fingerprint density at radius 3 is 2.95 bits per heavy atom. The molecule has 0 radical (unpaired) electrons. The highest BCUT2D eigenvalue weighted by Crippen LogP contribution is 2.11. The Morgan fingerprint density at radius 1 is 1.42 bits per heavy atom. The summed E-state index contributed by atoms with van der Waals surface area (Å²) in [6.45, 7) is 10.1. The summed E-state index contributed by atoms with van der Waals surface area (Å²) in [6, 6.07) is 0. The zero-order valence-corrected chi connectivity index (χ0v) is 12.0. The maximum absolute atomic E-state index is 5.53. The molecule has 1 aliphatic heterocycles. The van der Waals surface area contributed by atoms with Crippen molar-refractivity contribution in [2.75, 3.05) is 32.8 Å². The van der Waals surface area contributed by atoms with E-state index in [1.807, 2.05) is 0 Å². The highest BCUT2D eigenvalue weighted by Gasteiger charge is 2.11. The summed E-state index contributed by atoms with van der Waals surface area (Å²) in [6.07, 6.45) is 4.67. The first-order valence-electron chi connectivity index (χ1n) is 7.24. The largest absolute Gasteiger partial charge is 0.449 e. The van der Waals surface area contributed by atoms with Crippen LogP contribution >= 0.6 is 0 Å². The van der Waals surface area contributed by atoms with Gasteiger partial charge in [-0.25, -0.2) is 0 Å². The standard InChI is InChI=1S/C14H25N3O2/c1-12(2)9-15-10-13-11-19-14(16-13)18-8-7-17-5-3-4-6-17/h11-12,15H,3-10H2,1-2H3. The van der Waals surface area contributed by atoms with E-state index in [-0.39, 0.29) is 0 Å². The van der Waals surface area contributed by atoms with Crippen LogP contribution < -0.4 is 10.1 Å². The Bertz CT molecular complexity index is 359. The minimum atomic E-state index is 0.389. The lowest BCUT2D eigenvalue weighted by Gasteiger charge is -2.13. The molecule has 2 rings (SSSR count). The minimum Gasteiger partial charge on any atom is -0.449 e. The molecular weight excluding hydrogens is 242 g/mol. The third kappa shape index (κ3) is 5.20. The van der Waals surface area contributed by atoms with Gasteiger partial charge in [0.25, 0.3) is 0 Å². The van der Waals surface area contributed by atoms with Gasteiger partial charge < -0.3 is 14.5 Å². The predicted octanol–water partition coefficient (Wildman–Crippen LogP) is 1.89. The van der Waals surface area contributed by atoms with Crippen molar-refractivity contribution in [1.82, 2.24) is 15.2 Å². The number of nitrogens with one attached hydrogen (secondary N) is 1. The summed E-state index contributed by atoms with van der Waals surface area (Å²) >= 11 is 0. The summed E-state index contributed by atoms with van der Waals surface area (Å²) in [5.74, 6) is 0.642. The molecule has 0 aromatic carbocycles. The number of rotatable bonds is 8. The maximum atomic E-state index is 5.53. The van der Waals surface area contributed by atoms with Crippen LogP contribution in [0, 0.1) is 5.92 Å². The number of hydrogen-bond donors (Lipinski definition) is 1. The van der Waals surface area contributed by atoms with Gasteiger partial charge in [0, 0.05) is 13.1 Å². The fraction of sp³-hybridized carbons (Fsp3) is 0.786. The molecule has 0 amide bonds. The van der Waals surface area contributed by atoms with Crippen LogP contribution in [0.4, 0.5) is 0 Å². The van der Waals surface area contributed by atoms with Gasteiger partial charge in [-0.1, -0.05) is 13.8 Å². The molecule has 0 spiro atoms. The van der Waals surface area contributed by atoms with Crippen LogP contribution in [0.1, 0.15) is 32.4 Å². The van der Waals surface area contributed by atoms with Crippen LogP contribution in [0.5, 0.6) is 6.08 Å². The van der Waals surface area contributed by atoms with Gasteiger partial charge in [0.2, 0.25) is 0 Å². The van der Waals surface area contributed by atoms with Gasteiger partial charge in [-0.2, -0.15) is 4.98 Å². The van der Waals surface area contributed by atoms with Crippen LogP contribution in [0.15, 0.2) is 10.7 Å². The summed E-state index contributed by atoms with van der Waals surface area (Å²) in [5.41, 5.74) is 0.900. The third-order valence-corrected chi connectivity index (χ3v) is 3.22. The van der Waals surface area contributed by atoms with Crippen molar-refractivity contribution in [2.24, 2.45) is 5.92 Å². The van der Waals surface area contributed by atoms with Gasteiger partial charge in [-0.3, -0.25) is 4.90 Å². The molecule has 5 nitrogen and oxygen atoms in total. The number of aromatic nitrogens is 1. The first-order chi connectivity index (χ1) is 9.24. The zero-order valence-electron chi connectivity index (χ0n) is 12.0. The van der Waals surface area contributed by atoms with Crippen molar-refractivity contribution >= 4 is 0 Å². The van der Waals surface area contributed by atoms with Crippen molar-refractivity contribution in [3.8, 4) is 6.08 Å². The van der Waals surface area contributed by atoms with Crippen molar-refractivity contribution in [1.29, 1.82) is 0 Å². The number of oxazole rings is 1. The first-order valence-corrected chi connectivity index (χ1v) is 7.24. The second-order valence-electron chi connectivity index (χ2n) is 5.53. The van der Waals surface area contributed by atoms with Crippen LogP contribution in [0.2, 0.25) is 0 Å². The molecule has 0 atom stereocenters. The lowest BCUT2D eigenvalue weighted by molar-refractivity contribution is 0.191. The van der Waals surface area contributed by atoms with Crippen LogP contribution in [-0.4, -0.2) is 42.7 Å². The highest BCUT2D eigenvalue weighted by atomic mass is 16.6. The topological polar surface area (TPSA) is 50.5 Å². The van der Waals surface area contributed by atoms with E-state index in [4.69, 9.17) is 9.15 Å². The molecule has 2 heterocycles. The molecule has 0 bridgehead atoms. The second kappa shape index (κ2) is 7.50. The van der Waals surface area contributed by atoms with Crippen molar-refractivity contribution in [2.45, 2.75) is 33.2 Å². The lowest BCUT2D eigenvalue weighted by atomic mass is 10.2. The third-order valence-electron chi connectivity index (χ3n) is 3.22. The average Bonchev–Trinajstić information content (AvgIpc) is 3.00. The van der Waals surface area contributed by atoms with Crippen molar-refractivity contribution in [3.63, 3.8) is 0 Å². The number of ether oxygens (including phenoxy) is 1. The van der Waals surface area contributed by atoms with E-state index in [2.05, 4.69) is 29.0 Å². The molecule has 1 aliphatic rings. The molecule has 0 saturated carbocycles. The molecule has 1 aromatic rings. The van der Waals surface area contributed by atoms with Gasteiger partial charge >= 0.3 is 6.08 Å². The molecule has 19 heavy (non-hydrogen) atoms. The Labute approximate surface area is 115 Å². The van der Waals surface area contributed by atoms with Gasteiger partial charge in [0.1, 0.15) is 12.9 Å². The SMILES string of the molecule is CC(C)CNCc1coc(OCCN2CCCC2)n1. The molecule has 5 heteroatoms. The van der Waals surface area contributed by atoms with Crippen LogP contribution in [-0.2, 0) is 6.54 Å². The fourth-order valence-corrected chi connectivity index (χ4v) is 2.19. The van der Waals surface area contributed by atoms with Gasteiger partial charge in [0.15, 0.2) is 0 Å². The van der Waals surface area contributed by atoms with E-state index >= 15 is 0 Å². The fourth-order valence-electron chi connectivity index (χ4n) is 2.19. The average molecular weight is 267 g/mol. The Balaban J connectivity index is 1.62. The number of hydrogen-bond acceptors (Lipinski definition) is 5. The highest BCUT2D eigenvalue weighted by molar-refractivity contribution is 4.99. The normalized spacial score (nSPS) is 16.4. The second-order valence-corrected chi connectivity index (χ2v) is 5.53. The Kier molecular flexibility index (Phi) is 5.66. The van der Waals surface area contributed by atoms with Crippen LogP contribution in [0.3, 0.4) is 0 Å². The van der Waals surface area contributed by atoms with E-state index in [0.717, 1.165) is 25.3 Å². The number of nitrogens with zero attached hydrogens (tertiary/aromatic N) is 2. The predicted molar refractivity (Wildman–Crippen MR) is 74.2 cm³/mol. The van der Waals surface area contributed by atoms with Crippen molar-refractivity contribution < 1.29 is 9.15 Å². The first kappa shape index (κ1) is 14.3. The summed E-state index contributed by atoms with van der Waals surface area (Å²) < 4.78 is 10.8. The maximum Gasteiger partial charge on any atom is 0.393 e. The summed E-state index contributed by atoms with van der Waals surface area (Å²) in [5, 5.41) is 3.33. The molecule has 1 saturated heterocycles. The molecule has 0 unspecified atom stereocenters.